The van der Waals surface area contributed by atoms with Crippen molar-refractivity contribution in [3.05, 3.63) is 54.0 Å². The fourth-order valence-corrected chi connectivity index (χ4v) is 4.05. The van der Waals surface area contributed by atoms with E-state index in [1.165, 1.54) is 6.20 Å². The molecule has 0 saturated carbocycles. The van der Waals surface area contributed by atoms with Gasteiger partial charge < -0.3 is 15.4 Å². The lowest BCUT2D eigenvalue weighted by Crippen LogP contribution is -2.26. The van der Waals surface area contributed by atoms with Crippen molar-refractivity contribution in [1.82, 2.24) is 34.9 Å². The standard InChI is InChI=1S/C25H32N8O2/c1-6-7-10-25(5,18-8-9-19(27-12-18)21-16(2)30-20(26)13-28-21)23-31-22(35-32-23)17-11-29-33(14-17)15-24(3,4)34/h8-9,11-14,34H,6-7,10,15H2,1-5H3,(H2,26,30)/t25-/m1/s1. The summed E-state index contributed by atoms with van der Waals surface area (Å²) in [6, 6.07) is 3.97. The van der Waals surface area contributed by atoms with Crippen LogP contribution in [0.5, 0.6) is 0 Å². The molecular formula is C25H32N8O2. The Bertz CT molecular complexity index is 1290. The Kier molecular flexibility index (Phi) is 6.66. The van der Waals surface area contributed by atoms with Gasteiger partial charge in [-0.2, -0.15) is 10.1 Å². The minimum Gasteiger partial charge on any atom is -0.389 e. The van der Waals surface area contributed by atoms with Gasteiger partial charge in [-0.15, -0.1) is 0 Å². The predicted molar refractivity (Wildman–Crippen MR) is 132 cm³/mol. The molecule has 0 aromatic carbocycles. The van der Waals surface area contributed by atoms with E-state index in [1.54, 1.807) is 30.9 Å². The third-order valence-electron chi connectivity index (χ3n) is 5.99. The highest BCUT2D eigenvalue weighted by Gasteiger charge is 2.34. The average molecular weight is 477 g/mol. The monoisotopic (exact) mass is 476 g/mol. The minimum atomic E-state index is -0.877. The van der Waals surface area contributed by atoms with Crippen LogP contribution in [0, 0.1) is 6.92 Å². The molecule has 0 fully saturated rings. The molecule has 0 unspecified atom stereocenters. The predicted octanol–water partition coefficient (Wildman–Crippen LogP) is 3.94. The second kappa shape index (κ2) is 9.53. The highest BCUT2D eigenvalue weighted by atomic mass is 16.5. The zero-order chi connectivity index (χ0) is 25.2. The molecule has 0 saturated heterocycles. The Morgan fingerprint density at radius 1 is 1.09 bits per heavy atom. The molecule has 0 bridgehead atoms. The van der Waals surface area contributed by atoms with E-state index in [9.17, 15) is 5.11 Å². The maximum Gasteiger partial charge on any atom is 0.261 e. The van der Waals surface area contributed by atoms with E-state index in [0.717, 1.165) is 36.2 Å². The van der Waals surface area contributed by atoms with Crippen molar-refractivity contribution in [2.75, 3.05) is 5.73 Å². The first kappa shape index (κ1) is 24.5. The highest BCUT2D eigenvalue weighted by molar-refractivity contribution is 5.58. The van der Waals surface area contributed by atoms with Crippen molar-refractivity contribution >= 4 is 5.82 Å². The molecule has 4 rings (SSSR count). The summed E-state index contributed by atoms with van der Waals surface area (Å²) >= 11 is 0. The first-order valence-corrected chi connectivity index (χ1v) is 11.7. The lowest BCUT2D eigenvalue weighted by Gasteiger charge is -2.26. The van der Waals surface area contributed by atoms with Crippen LogP contribution in [0.25, 0.3) is 22.8 Å². The fourth-order valence-electron chi connectivity index (χ4n) is 4.05. The number of rotatable bonds is 9. The average Bonchev–Trinajstić information content (AvgIpc) is 3.47. The number of anilines is 1. The highest BCUT2D eigenvalue weighted by Crippen LogP contribution is 2.36. The van der Waals surface area contributed by atoms with Gasteiger partial charge in [-0.1, -0.05) is 31.0 Å². The smallest absolute Gasteiger partial charge is 0.261 e. The molecule has 3 N–H and O–H groups in total. The quantitative estimate of drug-likeness (QED) is 0.367. The molecule has 0 aliphatic heterocycles. The van der Waals surface area contributed by atoms with Crippen molar-refractivity contribution in [3.63, 3.8) is 0 Å². The van der Waals surface area contributed by atoms with Gasteiger partial charge in [0.25, 0.3) is 5.89 Å². The van der Waals surface area contributed by atoms with E-state index < -0.39 is 11.0 Å². The van der Waals surface area contributed by atoms with Gasteiger partial charge in [0.15, 0.2) is 5.82 Å². The molecule has 0 aliphatic rings. The summed E-state index contributed by atoms with van der Waals surface area (Å²) in [6.45, 7) is 9.96. The number of aryl methyl sites for hydroxylation is 1. The van der Waals surface area contributed by atoms with Crippen LogP contribution in [0.3, 0.4) is 0 Å². The Hall–Kier alpha value is -3.66. The van der Waals surface area contributed by atoms with E-state index >= 15 is 0 Å². The first-order valence-electron chi connectivity index (χ1n) is 11.7. The Morgan fingerprint density at radius 3 is 2.54 bits per heavy atom. The van der Waals surface area contributed by atoms with Gasteiger partial charge in [-0.3, -0.25) is 9.67 Å². The van der Waals surface area contributed by atoms with Gasteiger partial charge in [0.1, 0.15) is 11.5 Å². The fraction of sp³-hybridized carbons (Fsp3) is 0.440. The molecule has 184 valence electrons. The van der Waals surface area contributed by atoms with Crippen molar-refractivity contribution in [1.29, 1.82) is 0 Å². The summed E-state index contributed by atoms with van der Waals surface area (Å²) < 4.78 is 7.30. The maximum atomic E-state index is 10.1. The summed E-state index contributed by atoms with van der Waals surface area (Å²) in [7, 11) is 0. The molecule has 10 heteroatoms. The lowest BCUT2D eigenvalue weighted by atomic mass is 9.78. The number of unbranched alkanes of at least 4 members (excludes halogenated alkanes) is 1. The van der Waals surface area contributed by atoms with E-state index in [1.807, 2.05) is 25.3 Å². The molecule has 0 radical (unpaired) electrons. The number of hydrogen-bond donors (Lipinski definition) is 2. The van der Waals surface area contributed by atoms with Gasteiger partial charge in [0.2, 0.25) is 0 Å². The van der Waals surface area contributed by atoms with E-state index in [2.05, 4.69) is 39.1 Å². The molecule has 4 aromatic heterocycles. The first-order chi connectivity index (χ1) is 16.6. The third kappa shape index (κ3) is 5.37. The van der Waals surface area contributed by atoms with Crippen molar-refractivity contribution in [2.45, 2.75) is 71.4 Å². The Morgan fingerprint density at radius 2 is 1.89 bits per heavy atom. The molecule has 4 heterocycles. The van der Waals surface area contributed by atoms with Gasteiger partial charge in [-0.05, 0) is 45.7 Å². The summed E-state index contributed by atoms with van der Waals surface area (Å²) in [5.41, 5.74) is 8.21. The molecule has 10 nitrogen and oxygen atoms in total. The van der Waals surface area contributed by atoms with Crippen molar-refractivity contribution in [2.24, 2.45) is 0 Å². The second-order valence-corrected chi connectivity index (χ2v) is 9.76. The Labute approximate surface area is 204 Å². The second-order valence-electron chi connectivity index (χ2n) is 9.76. The van der Waals surface area contributed by atoms with Crippen LogP contribution >= 0.6 is 0 Å². The van der Waals surface area contributed by atoms with Crippen LogP contribution in [0.2, 0.25) is 0 Å². The van der Waals surface area contributed by atoms with Crippen LogP contribution in [-0.2, 0) is 12.0 Å². The minimum absolute atomic E-state index is 0.359. The SMILES string of the molecule is CCCC[C@](C)(c1ccc(-c2ncc(N)nc2C)nc1)c1noc(-c2cnn(CC(C)(C)O)c2)n1. The molecule has 1 atom stereocenters. The lowest BCUT2D eigenvalue weighted by molar-refractivity contribution is 0.0577. The van der Waals surface area contributed by atoms with Crippen LogP contribution in [-0.4, -0.2) is 45.6 Å². The maximum absolute atomic E-state index is 10.1. The number of hydrogen-bond acceptors (Lipinski definition) is 9. The largest absolute Gasteiger partial charge is 0.389 e. The molecule has 0 aliphatic carbocycles. The zero-order valence-corrected chi connectivity index (χ0v) is 20.9. The normalized spacial score (nSPS) is 13.7. The van der Waals surface area contributed by atoms with Crippen molar-refractivity contribution in [3.8, 4) is 22.8 Å². The van der Waals surface area contributed by atoms with Gasteiger partial charge >= 0.3 is 0 Å². The Balaban J connectivity index is 1.64. The van der Waals surface area contributed by atoms with E-state index in [-0.39, 0.29) is 0 Å². The third-order valence-corrected chi connectivity index (χ3v) is 5.99. The van der Waals surface area contributed by atoms with Gasteiger partial charge in [0.05, 0.1) is 46.9 Å². The topological polar surface area (TPSA) is 142 Å². The number of nitrogens with two attached hydrogens (primary N) is 1. The number of pyridine rings is 1. The van der Waals surface area contributed by atoms with Crippen LogP contribution in [0.4, 0.5) is 5.82 Å². The number of aromatic nitrogens is 7. The number of aliphatic hydroxyl groups is 1. The molecular weight excluding hydrogens is 444 g/mol. The van der Waals surface area contributed by atoms with Gasteiger partial charge in [-0.25, -0.2) is 9.97 Å². The summed E-state index contributed by atoms with van der Waals surface area (Å²) in [6.07, 6.45) is 9.71. The van der Waals surface area contributed by atoms with Crippen molar-refractivity contribution < 1.29 is 9.63 Å². The zero-order valence-electron chi connectivity index (χ0n) is 20.9. The van der Waals surface area contributed by atoms with Crippen LogP contribution in [0.1, 0.15) is 64.0 Å². The number of nitrogen functional groups attached to an aromatic ring is 1. The summed E-state index contributed by atoms with van der Waals surface area (Å²) in [4.78, 5) is 18.1. The molecule has 0 spiro atoms. The molecule has 35 heavy (non-hydrogen) atoms. The van der Waals surface area contributed by atoms with E-state index in [4.69, 9.17) is 15.2 Å². The number of nitrogens with zero attached hydrogens (tertiary/aromatic N) is 7. The van der Waals surface area contributed by atoms with Crippen LogP contribution in [0.15, 0.2) is 41.4 Å². The summed E-state index contributed by atoms with van der Waals surface area (Å²) in [5, 5.41) is 18.7. The van der Waals surface area contributed by atoms with E-state index in [0.29, 0.717) is 35.3 Å². The molecule has 0 amide bonds. The van der Waals surface area contributed by atoms with Gasteiger partial charge in [0, 0.05) is 12.4 Å². The van der Waals surface area contributed by atoms with Crippen LogP contribution < -0.4 is 5.73 Å². The summed E-state index contributed by atoms with van der Waals surface area (Å²) in [5.74, 6) is 1.37. The molecule has 4 aromatic rings.